The van der Waals surface area contributed by atoms with Gasteiger partial charge in [0.2, 0.25) is 0 Å². The molecule has 1 aliphatic rings. The molecule has 0 unspecified atom stereocenters. The van der Waals surface area contributed by atoms with Crippen LogP contribution in [-0.4, -0.2) is 36.4 Å². The van der Waals surface area contributed by atoms with Crippen LogP contribution in [0, 0.1) is 6.92 Å². The summed E-state index contributed by atoms with van der Waals surface area (Å²) in [4.78, 5) is 25.2. The van der Waals surface area contributed by atoms with Crippen molar-refractivity contribution in [1.29, 1.82) is 0 Å². The van der Waals surface area contributed by atoms with Gasteiger partial charge in [-0.25, -0.2) is 4.98 Å². The standard InChI is InChI=1S/C21H19ClN4O3/c1-12-17(11-27)25-21-16(6-8-19(28)29)24-20(15-4-2-3-9-23-15)14-10-13(22)5-7-18(14)26(12)21/h2-5,7,9-10,16,27H,6,8,11H2,1H3,(H,28,29)/t16-/m0/s1. The number of aliphatic carboxylic acids is 1. The van der Waals surface area contributed by atoms with Crippen LogP contribution in [-0.2, 0) is 11.4 Å². The van der Waals surface area contributed by atoms with E-state index in [0.717, 1.165) is 16.9 Å². The van der Waals surface area contributed by atoms with Crippen LogP contribution in [0.4, 0.5) is 0 Å². The Labute approximate surface area is 172 Å². The van der Waals surface area contributed by atoms with Crippen molar-refractivity contribution >= 4 is 23.3 Å². The van der Waals surface area contributed by atoms with Gasteiger partial charge in [-0.05, 0) is 43.7 Å². The molecule has 4 rings (SSSR count). The molecule has 7 nitrogen and oxygen atoms in total. The maximum absolute atomic E-state index is 11.2. The minimum Gasteiger partial charge on any atom is -0.481 e. The van der Waals surface area contributed by atoms with Gasteiger partial charge in [-0.15, -0.1) is 0 Å². The molecule has 0 fully saturated rings. The summed E-state index contributed by atoms with van der Waals surface area (Å²) in [7, 11) is 0. The van der Waals surface area contributed by atoms with Crippen molar-refractivity contribution in [1.82, 2.24) is 14.5 Å². The van der Waals surface area contributed by atoms with E-state index < -0.39 is 12.0 Å². The molecular formula is C21H19ClN4O3. The number of hydrogen-bond acceptors (Lipinski definition) is 5. The zero-order chi connectivity index (χ0) is 20.5. The summed E-state index contributed by atoms with van der Waals surface area (Å²) in [6, 6.07) is 10.5. The number of pyridine rings is 1. The lowest BCUT2D eigenvalue weighted by molar-refractivity contribution is -0.137. The van der Waals surface area contributed by atoms with Gasteiger partial charge < -0.3 is 10.2 Å². The molecule has 8 heteroatoms. The molecule has 0 saturated heterocycles. The highest BCUT2D eigenvalue weighted by atomic mass is 35.5. The molecule has 1 aliphatic heterocycles. The van der Waals surface area contributed by atoms with E-state index in [-0.39, 0.29) is 19.4 Å². The van der Waals surface area contributed by atoms with E-state index >= 15 is 0 Å². The van der Waals surface area contributed by atoms with Crippen molar-refractivity contribution in [2.24, 2.45) is 4.99 Å². The fourth-order valence-corrected chi connectivity index (χ4v) is 3.76. The van der Waals surface area contributed by atoms with Gasteiger partial charge in [0.25, 0.3) is 0 Å². The molecule has 2 N–H and O–H groups in total. The van der Waals surface area contributed by atoms with Crippen LogP contribution >= 0.6 is 11.6 Å². The predicted octanol–water partition coefficient (Wildman–Crippen LogP) is 3.48. The van der Waals surface area contributed by atoms with Crippen LogP contribution < -0.4 is 0 Å². The first-order valence-corrected chi connectivity index (χ1v) is 9.57. The molecule has 0 radical (unpaired) electrons. The first-order chi connectivity index (χ1) is 14.0. The lowest BCUT2D eigenvalue weighted by Crippen LogP contribution is -2.09. The van der Waals surface area contributed by atoms with Crippen LogP contribution in [0.2, 0.25) is 5.02 Å². The van der Waals surface area contributed by atoms with E-state index in [0.29, 0.717) is 27.9 Å². The van der Waals surface area contributed by atoms with Gasteiger partial charge in [-0.2, -0.15) is 0 Å². The zero-order valence-electron chi connectivity index (χ0n) is 15.7. The Morgan fingerprint density at radius 1 is 1.28 bits per heavy atom. The number of aliphatic hydroxyl groups is 1. The number of nitrogens with zero attached hydrogens (tertiary/aromatic N) is 4. The summed E-state index contributed by atoms with van der Waals surface area (Å²) in [6.45, 7) is 1.66. The molecule has 29 heavy (non-hydrogen) atoms. The Balaban J connectivity index is 2.00. The summed E-state index contributed by atoms with van der Waals surface area (Å²) in [5.74, 6) is -0.302. The van der Waals surface area contributed by atoms with Crippen LogP contribution in [0.1, 0.15) is 47.4 Å². The molecule has 1 atom stereocenters. The van der Waals surface area contributed by atoms with Gasteiger partial charge in [-0.1, -0.05) is 17.7 Å². The molecule has 148 valence electrons. The Bertz CT molecular complexity index is 1110. The normalized spacial score (nSPS) is 15.3. The van der Waals surface area contributed by atoms with E-state index in [1.54, 1.807) is 12.3 Å². The summed E-state index contributed by atoms with van der Waals surface area (Å²) in [5.41, 5.74) is 4.22. The van der Waals surface area contributed by atoms with E-state index in [1.165, 1.54) is 0 Å². The predicted molar refractivity (Wildman–Crippen MR) is 109 cm³/mol. The maximum atomic E-state index is 11.2. The molecule has 2 aromatic heterocycles. The molecule has 0 bridgehead atoms. The Kier molecular flexibility index (Phi) is 5.17. The lowest BCUT2D eigenvalue weighted by Gasteiger charge is -2.14. The first-order valence-electron chi connectivity index (χ1n) is 9.20. The Hall–Kier alpha value is -3.03. The summed E-state index contributed by atoms with van der Waals surface area (Å²) < 4.78 is 1.93. The average molecular weight is 411 g/mol. The zero-order valence-corrected chi connectivity index (χ0v) is 16.5. The number of aliphatic hydroxyl groups excluding tert-OH is 1. The first kappa shape index (κ1) is 19.3. The highest BCUT2D eigenvalue weighted by Crippen LogP contribution is 2.35. The van der Waals surface area contributed by atoms with Gasteiger partial charge >= 0.3 is 5.97 Å². The molecule has 3 heterocycles. The number of carbonyl (C=O) groups is 1. The molecule has 3 aromatic rings. The van der Waals surface area contributed by atoms with Crippen LogP contribution in [0.3, 0.4) is 0 Å². The van der Waals surface area contributed by atoms with Crippen molar-refractivity contribution < 1.29 is 15.0 Å². The molecule has 0 spiro atoms. The summed E-state index contributed by atoms with van der Waals surface area (Å²) in [6.07, 6.45) is 1.91. The fraction of sp³-hybridized carbons (Fsp3) is 0.238. The third-order valence-electron chi connectivity index (χ3n) is 4.96. The smallest absolute Gasteiger partial charge is 0.303 e. The van der Waals surface area contributed by atoms with Gasteiger partial charge in [0.15, 0.2) is 0 Å². The number of aromatic nitrogens is 3. The summed E-state index contributed by atoms with van der Waals surface area (Å²) >= 11 is 6.30. The SMILES string of the molecule is Cc1c(CO)nc2n1-c1ccc(Cl)cc1C(c1ccccn1)=N[C@H]2CCC(=O)O. The second-order valence-electron chi connectivity index (χ2n) is 6.80. The molecule has 1 aromatic carbocycles. The van der Waals surface area contributed by atoms with Crippen molar-refractivity contribution in [3.63, 3.8) is 0 Å². The number of hydrogen-bond donors (Lipinski definition) is 2. The Morgan fingerprint density at radius 2 is 2.10 bits per heavy atom. The number of fused-ring (bicyclic) bond motifs is 3. The minimum atomic E-state index is -0.901. The van der Waals surface area contributed by atoms with Crippen molar-refractivity contribution in [3.8, 4) is 5.69 Å². The number of carboxylic acids is 1. The number of carboxylic acid groups (broad SMARTS) is 1. The number of rotatable bonds is 5. The van der Waals surface area contributed by atoms with Gasteiger partial charge in [0.05, 0.1) is 29.4 Å². The van der Waals surface area contributed by atoms with E-state index in [2.05, 4.69) is 9.97 Å². The van der Waals surface area contributed by atoms with Crippen LogP contribution in [0.25, 0.3) is 5.69 Å². The quantitative estimate of drug-likeness (QED) is 0.670. The third-order valence-corrected chi connectivity index (χ3v) is 5.19. The maximum Gasteiger partial charge on any atom is 0.303 e. The second-order valence-corrected chi connectivity index (χ2v) is 7.23. The Morgan fingerprint density at radius 3 is 2.79 bits per heavy atom. The monoisotopic (exact) mass is 410 g/mol. The minimum absolute atomic E-state index is 0.0544. The number of benzene rings is 1. The second kappa shape index (κ2) is 7.77. The van der Waals surface area contributed by atoms with Crippen LogP contribution in [0.15, 0.2) is 47.6 Å². The highest BCUT2D eigenvalue weighted by molar-refractivity contribution is 6.31. The average Bonchev–Trinajstić information content (AvgIpc) is 2.97. The van der Waals surface area contributed by atoms with Crippen molar-refractivity contribution in [2.45, 2.75) is 32.4 Å². The van der Waals surface area contributed by atoms with Crippen molar-refractivity contribution in [2.75, 3.05) is 0 Å². The number of imidazole rings is 1. The van der Waals surface area contributed by atoms with E-state index in [4.69, 9.17) is 16.6 Å². The topological polar surface area (TPSA) is 101 Å². The number of aliphatic imine (C=N–C) groups is 1. The summed E-state index contributed by atoms with van der Waals surface area (Å²) in [5, 5.41) is 19.5. The third kappa shape index (κ3) is 3.54. The van der Waals surface area contributed by atoms with Gasteiger partial charge in [-0.3, -0.25) is 19.3 Å². The molecule has 0 amide bonds. The molecule has 0 saturated carbocycles. The van der Waals surface area contributed by atoms with E-state index in [1.807, 2.05) is 41.8 Å². The van der Waals surface area contributed by atoms with Gasteiger partial charge in [0, 0.05) is 28.9 Å². The van der Waals surface area contributed by atoms with E-state index in [9.17, 15) is 15.0 Å². The largest absolute Gasteiger partial charge is 0.481 e. The molecule has 0 aliphatic carbocycles. The molecular weight excluding hydrogens is 392 g/mol. The lowest BCUT2D eigenvalue weighted by atomic mass is 10.0. The fourth-order valence-electron chi connectivity index (χ4n) is 3.58. The number of halogens is 1. The van der Waals surface area contributed by atoms with Crippen molar-refractivity contribution in [3.05, 3.63) is 76.1 Å². The van der Waals surface area contributed by atoms with Gasteiger partial charge in [0.1, 0.15) is 11.9 Å². The highest BCUT2D eigenvalue weighted by Gasteiger charge is 2.29. The van der Waals surface area contributed by atoms with Crippen LogP contribution in [0.5, 0.6) is 0 Å².